The first-order valence-electron chi connectivity index (χ1n) is 4.20. The summed E-state index contributed by atoms with van der Waals surface area (Å²) in [6.45, 7) is 0. The smallest absolute Gasteiger partial charge is 0.407 e. The van der Waals surface area contributed by atoms with Crippen LogP contribution < -0.4 is 10.6 Å². The molecule has 2 amide bonds. The van der Waals surface area contributed by atoms with Gasteiger partial charge in [0.25, 0.3) is 0 Å². The van der Waals surface area contributed by atoms with Crippen molar-refractivity contribution in [1.82, 2.24) is 10.6 Å². The predicted molar refractivity (Wildman–Crippen MR) is 56.4 cm³/mol. The van der Waals surface area contributed by atoms with Gasteiger partial charge in [0.1, 0.15) is 6.04 Å². The van der Waals surface area contributed by atoms with E-state index in [0.717, 1.165) is 5.75 Å². The largest absolute Gasteiger partial charge is 0.453 e. The number of amides is 2. The molecule has 6 heteroatoms. The maximum Gasteiger partial charge on any atom is 0.407 e. The van der Waals surface area contributed by atoms with Gasteiger partial charge < -0.3 is 15.4 Å². The Morgan fingerprint density at radius 1 is 1.50 bits per heavy atom. The number of likely N-dealkylation sites (N-methyl/N-ethyl adjacent to an activating group) is 1. The third kappa shape index (κ3) is 4.96. The van der Waals surface area contributed by atoms with E-state index in [9.17, 15) is 9.59 Å². The van der Waals surface area contributed by atoms with E-state index in [-0.39, 0.29) is 5.91 Å². The van der Waals surface area contributed by atoms with Crippen LogP contribution in [0.5, 0.6) is 0 Å². The summed E-state index contributed by atoms with van der Waals surface area (Å²) < 4.78 is 4.42. The van der Waals surface area contributed by atoms with Gasteiger partial charge in [-0.2, -0.15) is 11.8 Å². The number of carbonyl (C=O) groups is 2. The van der Waals surface area contributed by atoms with Crippen LogP contribution in [0.15, 0.2) is 0 Å². The van der Waals surface area contributed by atoms with Gasteiger partial charge in [-0.15, -0.1) is 0 Å². The predicted octanol–water partition coefficient (Wildman–Crippen LogP) is 0.210. The Kier molecular flexibility index (Phi) is 7.00. The first-order chi connectivity index (χ1) is 6.65. The molecule has 0 bridgehead atoms. The molecular formula is C8H16N2O3S. The Morgan fingerprint density at radius 2 is 2.14 bits per heavy atom. The van der Waals surface area contributed by atoms with E-state index in [1.807, 2.05) is 6.26 Å². The minimum atomic E-state index is -0.584. The van der Waals surface area contributed by atoms with Crippen LogP contribution in [0.2, 0.25) is 0 Å². The molecule has 2 N–H and O–H groups in total. The van der Waals surface area contributed by atoms with Gasteiger partial charge in [0, 0.05) is 7.05 Å². The average Bonchev–Trinajstić information content (AvgIpc) is 2.22. The maximum absolute atomic E-state index is 11.3. The van der Waals surface area contributed by atoms with Crippen molar-refractivity contribution in [3.8, 4) is 0 Å². The van der Waals surface area contributed by atoms with Crippen molar-refractivity contribution in [2.24, 2.45) is 0 Å². The Bertz CT molecular complexity index is 199. The normalized spacial score (nSPS) is 11.6. The molecule has 5 nitrogen and oxygen atoms in total. The third-order valence-electron chi connectivity index (χ3n) is 1.65. The lowest BCUT2D eigenvalue weighted by molar-refractivity contribution is -0.122. The fraction of sp³-hybridized carbons (Fsp3) is 0.750. The third-order valence-corrected chi connectivity index (χ3v) is 2.29. The quantitative estimate of drug-likeness (QED) is 0.695. The Morgan fingerprint density at radius 3 is 2.57 bits per heavy atom. The number of hydrogen-bond acceptors (Lipinski definition) is 4. The molecule has 0 saturated carbocycles. The lowest BCUT2D eigenvalue weighted by Crippen LogP contribution is -2.45. The molecule has 0 aliphatic rings. The molecule has 0 unspecified atom stereocenters. The Balaban J connectivity index is 4.09. The molecule has 0 aliphatic heterocycles. The molecule has 0 aromatic carbocycles. The van der Waals surface area contributed by atoms with Crippen molar-refractivity contribution >= 4 is 23.8 Å². The summed E-state index contributed by atoms with van der Waals surface area (Å²) in [6, 6.07) is -0.514. The van der Waals surface area contributed by atoms with Gasteiger partial charge in [-0.3, -0.25) is 4.79 Å². The highest BCUT2D eigenvalue weighted by molar-refractivity contribution is 7.98. The number of hydrogen-bond donors (Lipinski definition) is 2. The van der Waals surface area contributed by atoms with Gasteiger partial charge >= 0.3 is 6.09 Å². The van der Waals surface area contributed by atoms with E-state index < -0.39 is 12.1 Å². The van der Waals surface area contributed by atoms with Crippen LogP contribution in [-0.2, 0) is 9.53 Å². The van der Waals surface area contributed by atoms with Crippen LogP contribution in [0.4, 0.5) is 4.79 Å². The van der Waals surface area contributed by atoms with Crippen LogP contribution in [0, 0.1) is 0 Å². The van der Waals surface area contributed by atoms with E-state index in [1.54, 1.807) is 11.8 Å². The molecule has 0 aromatic rings. The standard InChI is InChI=1S/C8H16N2O3S/c1-9-7(11)6(4-5-14-3)10-8(12)13-2/h6H,4-5H2,1-3H3,(H,9,11)(H,10,12)/t6-/m0/s1. The molecule has 0 radical (unpaired) electrons. The first kappa shape index (κ1) is 13.1. The molecular weight excluding hydrogens is 204 g/mol. The van der Waals surface area contributed by atoms with Gasteiger partial charge in [0.15, 0.2) is 0 Å². The highest BCUT2D eigenvalue weighted by Gasteiger charge is 2.18. The monoisotopic (exact) mass is 220 g/mol. The average molecular weight is 220 g/mol. The number of thioether (sulfide) groups is 1. The zero-order valence-corrected chi connectivity index (χ0v) is 9.44. The summed E-state index contributed by atoms with van der Waals surface area (Å²) in [5, 5.41) is 4.95. The fourth-order valence-electron chi connectivity index (χ4n) is 0.880. The van der Waals surface area contributed by atoms with E-state index in [0.29, 0.717) is 6.42 Å². The molecule has 82 valence electrons. The van der Waals surface area contributed by atoms with Gasteiger partial charge in [-0.25, -0.2) is 4.79 Å². The maximum atomic E-state index is 11.3. The van der Waals surface area contributed by atoms with Crippen molar-refractivity contribution in [2.75, 3.05) is 26.2 Å². The van der Waals surface area contributed by atoms with Crippen molar-refractivity contribution in [3.05, 3.63) is 0 Å². The highest BCUT2D eigenvalue weighted by atomic mass is 32.2. The second-order valence-corrected chi connectivity index (χ2v) is 3.57. The number of rotatable bonds is 5. The summed E-state index contributed by atoms with van der Waals surface area (Å²) in [4.78, 5) is 22.2. The fourth-order valence-corrected chi connectivity index (χ4v) is 1.35. The number of alkyl carbamates (subject to hydrolysis) is 1. The highest BCUT2D eigenvalue weighted by Crippen LogP contribution is 2.01. The minimum absolute atomic E-state index is 0.204. The molecule has 0 fully saturated rings. The Labute approximate surface area is 88.0 Å². The van der Waals surface area contributed by atoms with E-state index in [4.69, 9.17) is 0 Å². The summed E-state index contributed by atoms with van der Waals surface area (Å²) in [5.41, 5.74) is 0. The molecule has 0 aromatic heterocycles. The van der Waals surface area contributed by atoms with E-state index in [1.165, 1.54) is 14.2 Å². The molecule has 0 spiro atoms. The van der Waals surface area contributed by atoms with Gasteiger partial charge in [-0.1, -0.05) is 0 Å². The summed E-state index contributed by atoms with van der Waals surface area (Å²) in [7, 11) is 2.80. The van der Waals surface area contributed by atoms with Crippen LogP contribution in [0.1, 0.15) is 6.42 Å². The second kappa shape index (κ2) is 7.49. The first-order valence-corrected chi connectivity index (χ1v) is 5.60. The van der Waals surface area contributed by atoms with Crippen molar-refractivity contribution in [1.29, 1.82) is 0 Å². The molecule has 0 rings (SSSR count). The lowest BCUT2D eigenvalue weighted by atomic mass is 10.2. The van der Waals surface area contributed by atoms with Crippen molar-refractivity contribution in [2.45, 2.75) is 12.5 Å². The molecule has 1 atom stereocenters. The zero-order chi connectivity index (χ0) is 11.0. The molecule has 0 heterocycles. The van der Waals surface area contributed by atoms with Crippen LogP contribution in [-0.4, -0.2) is 44.2 Å². The Hall–Kier alpha value is -0.910. The number of carbonyl (C=O) groups excluding carboxylic acids is 2. The van der Waals surface area contributed by atoms with E-state index in [2.05, 4.69) is 15.4 Å². The van der Waals surface area contributed by atoms with Crippen molar-refractivity contribution < 1.29 is 14.3 Å². The number of nitrogens with one attached hydrogen (secondary N) is 2. The van der Waals surface area contributed by atoms with Crippen molar-refractivity contribution in [3.63, 3.8) is 0 Å². The van der Waals surface area contributed by atoms with Crippen LogP contribution >= 0.6 is 11.8 Å². The van der Waals surface area contributed by atoms with Gasteiger partial charge in [-0.05, 0) is 18.4 Å². The summed E-state index contributed by atoms with van der Waals surface area (Å²) in [5.74, 6) is 0.603. The number of methoxy groups -OCH3 is 1. The molecule has 14 heavy (non-hydrogen) atoms. The van der Waals surface area contributed by atoms with Gasteiger partial charge in [0.2, 0.25) is 5.91 Å². The van der Waals surface area contributed by atoms with Gasteiger partial charge in [0.05, 0.1) is 7.11 Å². The summed E-state index contributed by atoms with van der Waals surface area (Å²) >= 11 is 1.62. The topological polar surface area (TPSA) is 67.4 Å². The SMILES string of the molecule is CNC(=O)[C@H](CCSC)NC(=O)OC. The molecule has 0 saturated heterocycles. The van der Waals surface area contributed by atoms with Crippen LogP contribution in [0.3, 0.4) is 0 Å². The van der Waals surface area contributed by atoms with E-state index >= 15 is 0 Å². The minimum Gasteiger partial charge on any atom is -0.453 e. The summed E-state index contributed by atoms with van der Waals surface area (Å²) in [6.07, 6.45) is 1.95. The zero-order valence-electron chi connectivity index (χ0n) is 8.62. The lowest BCUT2D eigenvalue weighted by Gasteiger charge is -2.15. The van der Waals surface area contributed by atoms with Crippen LogP contribution in [0.25, 0.3) is 0 Å². The molecule has 0 aliphatic carbocycles. The second-order valence-electron chi connectivity index (χ2n) is 2.58. The number of ether oxygens (including phenoxy) is 1.